The largest absolute Gasteiger partial charge is 0.433 e. The molecule has 1 heterocycles. The van der Waals surface area contributed by atoms with Crippen LogP contribution >= 0.6 is 11.8 Å². The first-order chi connectivity index (χ1) is 5.54. The van der Waals surface area contributed by atoms with Gasteiger partial charge in [-0.15, -0.1) is 11.8 Å². The van der Waals surface area contributed by atoms with Crippen molar-refractivity contribution in [2.45, 2.75) is 11.2 Å². The van der Waals surface area contributed by atoms with E-state index in [1.54, 1.807) is 6.26 Å². The first-order valence-electron chi connectivity index (χ1n) is 2.97. The van der Waals surface area contributed by atoms with Gasteiger partial charge in [0.25, 0.3) is 0 Å². The van der Waals surface area contributed by atoms with E-state index >= 15 is 0 Å². The van der Waals surface area contributed by atoms with Crippen LogP contribution < -0.4 is 0 Å². The molecule has 0 atom stereocenters. The Labute approximate surface area is 71.2 Å². The van der Waals surface area contributed by atoms with Gasteiger partial charge in [-0.1, -0.05) is 0 Å². The summed E-state index contributed by atoms with van der Waals surface area (Å²) in [6, 6.07) is 0.921. The normalized spacial score (nSPS) is 11.7. The molecule has 0 bridgehead atoms. The summed E-state index contributed by atoms with van der Waals surface area (Å²) in [5.74, 6) is 0. The minimum atomic E-state index is -4.38. The molecule has 66 valence electrons. The summed E-state index contributed by atoms with van der Waals surface area (Å²) >= 11 is 1.15. The molecule has 2 nitrogen and oxygen atoms in total. The monoisotopic (exact) mass is 194 g/mol. The van der Waals surface area contributed by atoms with Gasteiger partial charge in [-0.2, -0.15) is 13.2 Å². The Bertz CT molecular complexity index is 274. The maximum absolute atomic E-state index is 12.0. The zero-order valence-electron chi connectivity index (χ0n) is 6.09. The predicted molar refractivity (Wildman–Crippen MR) is 38.8 cm³/mol. The van der Waals surface area contributed by atoms with Crippen LogP contribution in [0, 0.1) is 0 Å². The van der Waals surface area contributed by atoms with Crippen molar-refractivity contribution in [2.24, 2.45) is 0 Å². The van der Waals surface area contributed by atoms with Gasteiger partial charge in [-0.3, -0.25) is 0 Å². The maximum atomic E-state index is 12.0. The Morgan fingerprint density at radius 3 is 2.50 bits per heavy atom. The van der Waals surface area contributed by atoms with E-state index in [-0.39, 0.29) is 0 Å². The zero-order chi connectivity index (χ0) is 9.19. The third kappa shape index (κ3) is 2.10. The highest BCUT2D eigenvalue weighted by Crippen LogP contribution is 2.28. The van der Waals surface area contributed by atoms with Crippen LogP contribution in [0.15, 0.2) is 17.4 Å². The van der Waals surface area contributed by atoms with Crippen molar-refractivity contribution in [1.29, 1.82) is 0 Å². The van der Waals surface area contributed by atoms with Crippen LogP contribution in [0.25, 0.3) is 0 Å². The molecule has 1 aromatic rings. The molecule has 0 aliphatic heterocycles. The van der Waals surface area contributed by atoms with Gasteiger partial charge >= 0.3 is 6.18 Å². The lowest BCUT2D eigenvalue weighted by Crippen LogP contribution is -2.08. The van der Waals surface area contributed by atoms with Crippen molar-refractivity contribution >= 4 is 11.8 Å². The van der Waals surface area contributed by atoms with E-state index in [9.17, 15) is 13.2 Å². The third-order valence-corrected chi connectivity index (χ3v) is 1.78. The molecular weight excluding hydrogens is 189 g/mol. The Hall–Kier alpha value is -0.780. The molecule has 0 radical (unpaired) electrons. The van der Waals surface area contributed by atoms with E-state index < -0.39 is 11.9 Å². The van der Waals surface area contributed by atoms with Gasteiger partial charge in [0.1, 0.15) is 12.0 Å². The summed E-state index contributed by atoms with van der Waals surface area (Å²) in [6.07, 6.45) is -1.81. The topological polar surface area (TPSA) is 25.8 Å². The van der Waals surface area contributed by atoms with E-state index in [0.717, 1.165) is 24.2 Å². The molecular formula is C6H5F3N2S. The molecule has 0 aliphatic rings. The van der Waals surface area contributed by atoms with E-state index in [1.807, 2.05) is 0 Å². The van der Waals surface area contributed by atoms with E-state index in [2.05, 4.69) is 9.97 Å². The van der Waals surface area contributed by atoms with Gasteiger partial charge in [0, 0.05) is 6.07 Å². The highest BCUT2D eigenvalue weighted by molar-refractivity contribution is 7.98. The molecule has 0 saturated carbocycles. The van der Waals surface area contributed by atoms with Crippen LogP contribution in [0.4, 0.5) is 13.2 Å². The zero-order valence-corrected chi connectivity index (χ0v) is 6.91. The van der Waals surface area contributed by atoms with Gasteiger partial charge < -0.3 is 0 Å². The number of nitrogens with zero attached hydrogens (tertiary/aromatic N) is 2. The average Bonchev–Trinajstić information content (AvgIpc) is 2.03. The number of rotatable bonds is 1. The fourth-order valence-corrected chi connectivity index (χ4v) is 0.988. The van der Waals surface area contributed by atoms with Crippen molar-refractivity contribution in [2.75, 3.05) is 6.26 Å². The lowest BCUT2D eigenvalue weighted by molar-refractivity contribution is -0.141. The van der Waals surface area contributed by atoms with Gasteiger partial charge in [-0.25, -0.2) is 9.97 Å². The molecule has 0 aliphatic carbocycles. The van der Waals surface area contributed by atoms with Crippen LogP contribution in [0.5, 0.6) is 0 Å². The predicted octanol–water partition coefficient (Wildman–Crippen LogP) is 2.22. The van der Waals surface area contributed by atoms with E-state index in [1.165, 1.54) is 0 Å². The summed E-state index contributed by atoms with van der Waals surface area (Å²) in [5, 5.41) is 0.317. The Morgan fingerprint density at radius 1 is 1.33 bits per heavy atom. The third-order valence-electron chi connectivity index (χ3n) is 1.14. The summed E-state index contributed by atoms with van der Waals surface area (Å²) in [4.78, 5) is 6.73. The Balaban J connectivity index is 3.02. The Kier molecular flexibility index (Phi) is 2.56. The second kappa shape index (κ2) is 3.30. The summed E-state index contributed by atoms with van der Waals surface area (Å²) < 4.78 is 36.0. The molecule has 0 N–H and O–H groups in total. The van der Waals surface area contributed by atoms with Crippen LogP contribution in [0.2, 0.25) is 0 Å². The average molecular weight is 194 g/mol. The van der Waals surface area contributed by atoms with Gasteiger partial charge in [-0.05, 0) is 6.26 Å². The smallest absolute Gasteiger partial charge is 0.232 e. The molecule has 0 unspecified atom stereocenters. The number of thioether (sulfide) groups is 1. The van der Waals surface area contributed by atoms with E-state index in [0.29, 0.717) is 5.03 Å². The standard InChI is InChI=1S/C6H5F3N2S/c1-12-5-2-4(6(7,8)9)10-3-11-5/h2-3H,1H3. The second-order valence-electron chi connectivity index (χ2n) is 1.94. The number of hydrogen-bond acceptors (Lipinski definition) is 3. The van der Waals surface area contributed by atoms with Crippen LogP contribution in [-0.2, 0) is 6.18 Å². The Morgan fingerprint density at radius 2 is 2.00 bits per heavy atom. The van der Waals surface area contributed by atoms with Crippen LogP contribution in [0.1, 0.15) is 5.69 Å². The van der Waals surface area contributed by atoms with Gasteiger partial charge in [0.15, 0.2) is 0 Å². The molecule has 0 saturated heterocycles. The van der Waals surface area contributed by atoms with Crippen molar-refractivity contribution < 1.29 is 13.2 Å². The summed E-state index contributed by atoms with van der Waals surface area (Å²) in [6.45, 7) is 0. The fraction of sp³-hybridized carbons (Fsp3) is 0.333. The molecule has 0 spiro atoms. The first kappa shape index (κ1) is 9.31. The molecule has 12 heavy (non-hydrogen) atoms. The molecule has 1 rings (SSSR count). The molecule has 0 amide bonds. The minimum Gasteiger partial charge on any atom is -0.232 e. The van der Waals surface area contributed by atoms with Crippen molar-refractivity contribution in [3.8, 4) is 0 Å². The quantitative estimate of drug-likeness (QED) is 0.506. The number of hydrogen-bond donors (Lipinski definition) is 0. The molecule has 1 aromatic heterocycles. The minimum absolute atomic E-state index is 0.317. The highest BCUT2D eigenvalue weighted by Gasteiger charge is 2.32. The lowest BCUT2D eigenvalue weighted by Gasteiger charge is -2.04. The van der Waals surface area contributed by atoms with Crippen LogP contribution in [0.3, 0.4) is 0 Å². The van der Waals surface area contributed by atoms with Crippen molar-refractivity contribution in [3.05, 3.63) is 18.1 Å². The SMILES string of the molecule is CSc1cc(C(F)(F)F)ncn1. The van der Waals surface area contributed by atoms with Crippen molar-refractivity contribution in [1.82, 2.24) is 9.97 Å². The maximum Gasteiger partial charge on any atom is 0.433 e. The lowest BCUT2D eigenvalue weighted by atomic mass is 10.4. The molecule has 0 fully saturated rings. The fourth-order valence-electron chi connectivity index (χ4n) is 0.606. The van der Waals surface area contributed by atoms with Gasteiger partial charge in [0.2, 0.25) is 0 Å². The second-order valence-corrected chi connectivity index (χ2v) is 2.77. The molecule has 6 heteroatoms. The van der Waals surface area contributed by atoms with E-state index in [4.69, 9.17) is 0 Å². The molecule has 0 aromatic carbocycles. The number of halogens is 3. The first-order valence-corrected chi connectivity index (χ1v) is 4.20. The number of aromatic nitrogens is 2. The van der Waals surface area contributed by atoms with Gasteiger partial charge in [0.05, 0.1) is 5.03 Å². The van der Waals surface area contributed by atoms with Crippen molar-refractivity contribution in [3.63, 3.8) is 0 Å². The highest BCUT2D eigenvalue weighted by atomic mass is 32.2. The summed E-state index contributed by atoms with van der Waals surface area (Å²) in [5.41, 5.74) is -0.901. The summed E-state index contributed by atoms with van der Waals surface area (Å²) in [7, 11) is 0. The van der Waals surface area contributed by atoms with Crippen LogP contribution in [-0.4, -0.2) is 16.2 Å². The number of alkyl halides is 3.